The van der Waals surface area contributed by atoms with Crippen LogP contribution < -0.4 is 4.74 Å². The minimum atomic E-state index is -4.08. The van der Waals surface area contributed by atoms with Crippen LogP contribution in [0.4, 0.5) is 8.78 Å². The number of ether oxygens (including phenoxy) is 1. The molecule has 0 fully saturated rings. The third-order valence-corrected chi connectivity index (χ3v) is 3.38. The molecule has 1 aromatic carbocycles. The Kier molecular flexibility index (Phi) is 3.68. The Morgan fingerprint density at radius 1 is 1.16 bits per heavy atom. The van der Waals surface area contributed by atoms with Gasteiger partial charge in [-0.1, -0.05) is 0 Å². The fourth-order valence-electron chi connectivity index (χ4n) is 1.34. The van der Waals surface area contributed by atoms with Gasteiger partial charge in [0.2, 0.25) is 5.88 Å². The summed E-state index contributed by atoms with van der Waals surface area (Å²) in [5.41, 5.74) is 0. The number of hydrogen-bond acceptors (Lipinski definition) is 4. The van der Waals surface area contributed by atoms with E-state index in [1.807, 2.05) is 0 Å². The van der Waals surface area contributed by atoms with E-state index in [0.717, 1.165) is 12.1 Å². The SMILES string of the molecule is O=S(=O)(Cl)c1cccnc1Oc1cc(F)cc(F)c1. The molecule has 0 saturated heterocycles. The summed E-state index contributed by atoms with van der Waals surface area (Å²) in [5, 5.41) is 0. The maximum Gasteiger partial charge on any atom is 0.266 e. The van der Waals surface area contributed by atoms with Crippen molar-refractivity contribution in [2.45, 2.75) is 4.90 Å². The Balaban J connectivity index is 2.44. The van der Waals surface area contributed by atoms with E-state index in [1.54, 1.807) is 0 Å². The van der Waals surface area contributed by atoms with Crippen molar-refractivity contribution in [3.8, 4) is 11.6 Å². The van der Waals surface area contributed by atoms with E-state index < -0.39 is 20.7 Å². The van der Waals surface area contributed by atoms with Gasteiger partial charge in [-0.05, 0) is 12.1 Å². The van der Waals surface area contributed by atoms with Gasteiger partial charge >= 0.3 is 0 Å². The van der Waals surface area contributed by atoms with E-state index in [4.69, 9.17) is 15.4 Å². The highest BCUT2D eigenvalue weighted by atomic mass is 35.7. The third kappa shape index (κ3) is 3.39. The number of aromatic nitrogens is 1. The molecule has 0 radical (unpaired) electrons. The zero-order valence-electron chi connectivity index (χ0n) is 9.18. The van der Waals surface area contributed by atoms with Gasteiger partial charge in [0.1, 0.15) is 22.3 Å². The average molecular weight is 306 g/mol. The lowest BCUT2D eigenvalue weighted by Crippen LogP contribution is -1.98. The van der Waals surface area contributed by atoms with Crippen LogP contribution in [0.1, 0.15) is 0 Å². The van der Waals surface area contributed by atoms with Crippen LogP contribution in [0.25, 0.3) is 0 Å². The highest BCUT2D eigenvalue weighted by molar-refractivity contribution is 8.13. The van der Waals surface area contributed by atoms with Gasteiger partial charge in [0.05, 0.1) is 0 Å². The number of pyridine rings is 1. The Hall–Kier alpha value is -1.73. The number of benzene rings is 1. The molecule has 1 heterocycles. The summed E-state index contributed by atoms with van der Waals surface area (Å²) < 4.78 is 53.6. The minimum absolute atomic E-state index is 0.224. The molecular formula is C11H6ClF2NO3S. The Morgan fingerprint density at radius 3 is 2.37 bits per heavy atom. The topological polar surface area (TPSA) is 56.3 Å². The minimum Gasteiger partial charge on any atom is -0.437 e. The van der Waals surface area contributed by atoms with Crippen molar-refractivity contribution in [1.29, 1.82) is 0 Å². The standard InChI is InChI=1S/C11H6ClF2NO3S/c12-19(16,17)10-2-1-3-15-11(10)18-9-5-7(13)4-8(14)6-9/h1-6H. The molecule has 2 rings (SSSR count). The average Bonchev–Trinajstić information content (AvgIpc) is 2.26. The van der Waals surface area contributed by atoms with Gasteiger partial charge in [0, 0.05) is 35.1 Å². The first kappa shape index (κ1) is 13.7. The summed E-state index contributed by atoms with van der Waals surface area (Å²) in [6.45, 7) is 0. The molecule has 0 aliphatic carbocycles. The molecule has 4 nitrogen and oxygen atoms in total. The van der Waals surface area contributed by atoms with Crippen molar-refractivity contribution in [1.82, 2.24) is 4.98 Å². The predicted molar refractivity (Wildman–Crippen MR) is 63.7 cm³/mol. The highest BCUT2D eigenvalue weighted by Crippen LogP contribution is 2.29. The Morgan fingerprint density at radius 2 is 1.79 bits per heavy atom. The second kappa shape index (κ2) is 5.10. The normalized spacial score (nSPS) is 11.3. The van der Waals surface area contributed by atoms with Gasteiger partial charge in [-0.15, -0.1) is 0 Å². The third-order valence-electron chi connectivity index (χ3n) is 2.05. The second-order valence-electron chi connectivity index (χ2n) is 3.45. The summed E-state index contributed by atoms with van der Waals surface area (Å²) in [6.07, 6.45) is 1.26. The van der Waals surface area contributed by atoms with Crippen LogP contribution in [0, 0.1) is 11.6 Å². The lowest BCUT2D eigenvalue weighted by atomic mass is 10.3. The monoisotopic (exact) mass is 305 g/mol. The molecule has 0 amide bonds. The molecule has 1 aromatic heterocycles. The van der Waals surface area contributed by atoms with Gasteiger partial charge in [-0.25, -0.2) is 22.2 Å². The maximum absolute atomic E-state index is 13.0. The van der Waals surface area contributed by atoms with Gasteiger partial charge in [0.15, 0.2) is 0 Å². The molecule has 0 spiro atoms. The summed E-state index contributed by atoms with van der Waals surface area (Å²) >= 11 is 0. The van der Waals surface area contributed by atoms with Crippen molar-refractivity contribution in [2.75, 3.05) is 0 Å². The molecule has 0 aliphatic rings. The van der Waals surface area contributed by atoms with Crippen LogP contribution in [0.3, 0.4) is 0 Å². The van der Waals surface area contributed by atoms with Crippen LogP contribution in [-0.4, -0.2) is 13.4 Å². The van der Waals surface area contributed by atoms with Gasteiger partial charge in [0.25, 0.3) is 9.05 Å². The zero-order chi connectivity index (χ0) is 14.0. The summed E-state index contributed by atoms with van der Waals surface area (Å²) in [6, 6.07) is 4.95. The Labute approximate surface area is 112 Å². The molecule has 0 aliphatic heterocycles. The number of rotatable bonds is 3. The van der Waals surface area contributed by atoms with Crippen molar-refractivity contribution in [3.05, 3.63) is 48.2 Å². The van der Waals surface area contributed by atoms with Crippen LogP contribution in [0.15, 0.2) is 41.4 Å². The first-order chi connectivity index (χ1) is 8.86. The number of halogens is 3. The first-order valence-corrected chi connectivity index (χ1v) is 7.21. The molecule has 2 aromatic rings. The van der Waals surface area contributed by atoms with Crippen molar-refractivity contribution in [2.24, 2.45) is 0 Å². The zero-order valence-corrected chi connectivity index (χ0v) is 10.8. The van der Waals surface area contributed by atoms with Crippen molar-refractivity contribution in [3.63, 3.8) is 0 Å². The van der Waals surface area contributed by atoms with E-state index in [1.165, 1.54) is 18.3 Å². The predicted octanol–water partition coefficient (Wildman–Crippen LogP) is 3.08. The smallest absolute Gasteiger partial charge is 0.266 e. The quantitative estimate of drug-likeness (QED) is 0.818. The molecule has 19 heavy (non-hydrogen) atoms. The van der Waals surface area contributed by atoms with Crippen molar-refractivity contribution >= 4 is 19.7 Å². The molecular weight excluding hydrogens is 300 g/mol. The molecule has 100 valence electrons. The maximum atomic E-state index is 13.0. The Bertz CT molecular complexity index is 701. The largest absolute Gasteiger partial charge is 0.437 e. The number of nitrogens with zero attached hydrogens (tertiary/aromatic N) is 1. The van der Waals surface area contributed by atoms with Gasteiger partial charge in [-0.2, -0.15) is 0 Å². The van der Waals surface area contributed by atoms with E-state index in [0.29, 0.717) is 6.07 Å². The molecule has 0 N–H and O–H groups in total. The molecule has 0 saturated carbocycles. The number of hydrogen-bond donors (Lipinski definition) is 0. The van der Waals surface area contributed by atoms with Crippen LogP contribution in [0.2, 0.25) is 0 Å². The van der Waals surface area contributed by atoms with E-state index in [-0.39, 0.29) is 16.5 Å². The van der Waals surface area contributed by atoms with Gasteiger partial charge in [-0.3, -0.25) is 0 Å². The second-order valence-corrected chi connectivity index (χ2v) is 5.99. The van der Waals surface area contributed by atoms with Crippen LogP contribution >= 0.6 is 10.7 Å². The van der Waals surface area contributed by atoms with Crippen molar-refractivity contribution < 1.29 is 21.9 Å². The summed E-state index contributed by atoms with van der Waals surface area (Å²) in [5.74, 6) is -2.30. The van der Waals surface area contributed by atoms with Crippen LogP contribution in [-0.2, 0) is 9.05 Å². The first-order valence-electron chi connectivity index (χ1n) is 4.90. The fourth-order valence-corrected chi connectivity index (χ4v) is 2.23. The van der Waals surface area contributed by atoms with E-state index in [2.05, 4.69) is 4.98 Å². The lowest BCUT2D eigenvalue weighted by molar-refractivity contribution is 0.438. The van der Waals surface area contributed by atoms with Gasteiger partial charge < -0.3 is 4.74 Å². The molecule has 0 atom stereocenters. The molecule has 0 bridgehead atoms. The highest BCUT2D eigenvalue weighted by Gasteiger charge is 2.18. The summed E-state index contributed by atoms with van der Waals surface area (Å²) in [4.78, 5) is 3.28. The molecule has 8 heteroatoms. The van der Waals surface area contributed by atoms with E-state index >= 15 is 0 Å². The van der Waals surface area contributed by atoms with E-state index in [9.17, 15) is 17.2 Å². The van der Waals surface area contributed by atoms with Crippen LogP contribution in [0.5, 0.6) is 11.6 Å². The summed E-state index contributed by atoms with van der Waals surface area (Å²) in [7, 11) is 1.12. The lowest BCUT2D eigenvalue weighted by Gasteiger charge is -2.07. The molecule has 0 unspecified atom stereocenters. The fraction of sp³-hybridized carbons (Fsp3) is 0.